The molecule has 186 valence electrons. The Bertz CT molecular complexity index is 1060. The van der Waals surface area contributed by atoms with Crippen LogP contribution in [0.25, 0.3) is 0 Å². The zero-order valence-electron chi connectivity index (χ0n) is 19.5. The van der Waals surface area contributed by atoms with Crippen molar-refractivity contribution in [2.75, 3.05) is 38.8 Å². The molecule has 0 spiro atoms. The number of rotatable bonds is 12. The van der Waals surface area contributed by atoms with Crippen molar-refractivity contribution in [2.24, 2.45) is 0 Å². The molecular formula is C24H32FN3O4S2. The van der Waals surface area contributed by atoms with Gasteiger partial charge in [0, 0.05) is 12.1 Å². The van der Waals surface area contributed by atoms with Crippen molar-refractivity contribution in [1.82, 2.24) is 14.9 Å². The molecule has 1 aliphatic heterocycles. The first kappa shape index (κ1) is 26.5. The van der Waals surface area contributed by atoms with Crippen LogP contribution in [0.3, 0.4) is 0 Å². The molecule has 2 aromatic rings. The molecule has 3 rings (SSSR count). The van der Waals surface area contributed by atoms with E-state index in [2.05, 4.69) is 14.9 Å². The number of thioether (sulfide) groups is 1. The third kappa shape index (κ3) is 6.71. The first-order valence-corrected chi connectivity index (χ1v) is 14.2. The van der Waals surface area contributed by atoms with Crippen LogP contribution >= 0.6 is 11.8 Å². The molecule has 1 aliphatic rings. The smallest absolute Gasteiger partial charge is 0.244 e. The molecule has 0 aliphatic carbocycles. The highest BCUT2D eigenvalue weighted by molar-refractivity contribution is 7.98. The van der Waals surface area contributed by atoms with Gasteiger partial charge in [-0.15, -0.1) is 0 Å². The molecule has 0 radical (unpaired) electrons. The summed E-state index contributed by atoms with van der Waals surface area (Å²) < 4.78 is 47.7. The highest BCUT2D eigenvalue weighted by atomic mass is 32.2. The van der Waals surface area contributed by atoms with Crippen LogP contribution in [0.4, 0.5) is 4.39 Å². The van der Waals surface area contributed by atoms with E-state index in [1.54, 1.807) is 7.11 Å². The number of hydrogen-bond donors (Lipinski definition) is 2. The van der Waals surface area contributed by atoms with Crippen molar-refractivity contribution in [2.45, 2.75) is 36.2 Å². The summed E-state index contributed by atoms with van der Waals surface area (Å²) in [5.41, 5.74) is 0.972. The van der Waals surface area contributed by atoms with Gasteiger partial charge < -0.3 is 10.1 Å². The van der Waals surface area contributed by atoms with E-state index in [0.717, 1.165) is 43.3 Å². The summed E-state index contributed by atoms with van der Waals surface area (Å²) in [6.45, 7) is 2.12. The number of methoxy groups -OCH3 is 1. The van der Waals surface area contributed by atoms with Gasteiger partial charge in [-0.05, 0) is 62.6 Å². The molecule has 0 unspecified atom stereocenters. The van der Waals surface area contributed by atoms with Crippen molar-refractivity contribution in [3.05, 3.63) is 59.9 Å². The normalized spacial score (nSPS) is 16.2. The molecule has 2 atom stereocenters. The lowest BCUT2D eigenvalue weighted by molar-refractivity contribution is -0.123. The first-order valence-electron chi connectivity index (χ1n) is 11.3. The predicted octanol–water partition coefficient (Wildman–Crippen LogP) is 3.19. The number of benzene rings is 2. The minimum absolute atomic E-state index is 0.105. The van der Waals surface area contributed by atoms with Crippen molar-refractivity contribution in [3.8, 4) is 5.75 Å². The summed E-state index contributed by atoms with van der Waals surface area (Å²) in [6, 6.07) is 11.7. The van der Waals surface area contributed by atoms with Gasteiger partial charge in [-0.3, -0.25) is 9.69 Å². The molecule has 10 heteroatoms. The largest absolute Gasteiger partial charge is 0.496 e. The van der Waals surface area contributed by atoms with E-state index in [0.29, 0.717) is 12.3 Å². The lowest BCUT2D eigenvalue weighted by Crippen LogP contribution is -2.49. The van der Waals surface area contributed by atoms with E-state index in [-0.39, 0.29) is 12.5 Å². The number of nitrogens with one attached hydrogen (secondary N) is 2. The van der Waals surface area contributed by atoms with E-state index in [1.807, 2.05) is 30.5 Å². The zero-order chi connectivity index (χ0) is 24.6. The van der Waals surface area contributed by atoms with Crippen LogP contribution in [-0.4, -0.2) is 64.0 Å². The minimum Gasteiger partial charge on any atom is -0.496 e. The number of amides is 1. The van der Waals surface area contributed by atoms with Crippen LogP contribution in [0.1, 0.15) is 30.9 Å². The second kappa shape index (κ2) is 12.5. The lowest BCUT2D eigenvalue weighted by atomic mass is 10.0. The molecule has 34 heavy (non-hydrogen) atoms. The third-order valence-electron chi connectivity index (χ3n) is 5.90. The highest BCUT2D eigenvalue weighted by Gasteiger charge is 2.30. The van der Waals surface area contributed by atoms with Crippen molar-refractivity contribution < 1.29 is 22.3 Å². The molecule has 0 bridgehead atoms. The molecule has 1 saturated heterocycles. The fourth-order valence-electron chi connectivity index (χ4n) is 4.14. The second-order valence-corrected chi connectivity index (χ2v) is 10.8. The van der Waals surface area contributed by atoms with Gasteiger partial charge in [0.2, 0.25) is 15.9 Å². The number of sulfonamides is 1. The number of carbonyl (C=O) groups is 1. The molecule has 0 aromatic heterocycles. The average Bonchev–Trinajstić information content (AvgIpc) is 3.37. The summed E-state index contributed by atoms with van der Waals surface area (Å²) in [7, 11) is -2.59. The molecule has 2 N–H and O–H groups in total. The van der Waals surface area contributed by atoms with Crippen LogP contribution in [0, 0.1) is 5.82 Å². The second-order valence-electron chi connectivity index (χ2n) is 8.13. The molecule has 1 heterocycles. The van der Waals surface area contributed by atoms with Crippen LogP contribution in [0.15, 0.2) is 53.4 Å². The van der Waals surface area contributed by atoms with E-state index in [9.17, 15) is 17.6 Å². The fraction of sp³-hybridized carbons (Fsp3) is 0.458. The van der Waals surface area contributed by atoms with E-state index in [4.69, 9.17) is 4.74 Å². The van der Waals surface area contributed by atoms with Crippen LogP contribution < -0.4 is 14.8 Å². The van der Waals surface area contributed by atoms with Gasteiger partial charge in [-0.25, -0.2) is 12.8 Å². The Morgan fingerprint density at radius 3 is 2.50 bits per heavy atom. The van der Waals surface area contributed by atoms with Crippen molar-refractivity contribution in [1.29, 1.82) is 0 Å². The SMILES string of the molecule is COc1ccccc1[C@@H](CNC(=O)[C@H](CCSC)NS(=O)(=O)c1ccccc1F)N1CCCC1. The number of halogens is 1. The maximum Gasteiger partial charge on any atom is 0.244 e. The van der Waals surface area contributed by atoms with Crippen molar-refractivity contribution >= 4 is 27.7 Å². The molecule has 1 amide bonds. The Labute approximate surface area is 205 Å². The fourth-order valence-corrected chi connectivity index (χ4v) is 5.92. The maximum atomic E-state index is 14.1. The number of likely N-dealkylation sites (tertiary alicyclic amines) is 1. The summed E-state index contributed by atoms with van der Waals surface area (Å²) in [5.74, 6) is 0.0186. The van der Waals surface area contributed by atoms with E-state index < -0.39 is 32.7 Å². The van der Waals surface area contributed by atoms with E-state index in [1.165, 1.54) is 30.0 Å². The summed E-state index contributed by atoms with van der Waals surface area (Å²) in [4.78, 5) is 15.0. The van der Waals surface area contributed by atoms with Crippen LogP contribution in [0.5, 0.6) is 5.75 Å². The van der Waals surface area contributed by atoms with Gasteiger partial charge >= 0.3 is 0 Å². The Balaban J connectivity index is 1.77. The number of carbonyl (C=O) groups excluding carboxylic acids is 1. The number of para-hydroxylation sites is 1. The zero-order valence-corrected chi connectivity index (χ0v) is 21.1. The summed E-state index contributed by atoms with van der Waals surface area (Å²) >= 11 is 1.51. The Kier molecular flexibility index (Phi) is 9.75. The Hall–Kier alpha value is -2.14. The average molecular weight is 510 g/mol. The standard InChI is InChI=1S/C24H32FN3O4S2/c1-32-22-11-5-3-9-18(22)21(28-14-7-8-15-28)17-26-24(29)20(13-16-33-2)27-34(30,31)23-12-6-4-10-19(23)25/h3-6,9-12,20-21,27H,7-8,13-17H2,1-2H3,(H,26,29)/t20-,21+/m0/s1. The predicted molar refractivity (Wildman–Crippen MR) is 133 cm³/mol. The van der Waals surface area contributed by atoms with Gasteiger partial charge in [-0.1, -0.05) is 30.3 Å². The quantitative estimate of drug-likeness (QED) is 0.457. The van der Waals surface area contributed by atoms with E-state index >= 15 is 0 Å². The third-order valence-corrected chi connectivity index (χ3v) is 8.05. The molecule has 0 saturated carbocycles. The Morgan fingerprint density at radius 1 is 1.15 bits per heavy atom. The maximum absolute atomic E-state index is 14.1. The Morgan fingerprint density at radius 2 is 1.82 bits per heavy atom. The summed E-state index contributed by atoms with van der Waals surface area (Å²) in [6.07, 6.45) is 4.33. The van der Waals surface area contributed by atoms with Gasteiger partial charge in [0.15, 0.2) is 0 Å². The molecule has 1 fully saturated rings. The highest BCUT2D eigenvalue weighted by Crippen LogP contribution is 2.31. The molecule has 2 aromatic carbocycles. The minimum atomic E-state index is -4.21. The van der Waals surface area contributed by atoms with Gasteiger partial charge in [0.05, 0.1) is 13.2 Å². The monoisotopic (exact) mass is 509 g/mol. The first-order chi connectivity index (χ1) is 16.4. The molecule has 7 nitrogen and oxygen atoms in total. The van der Waals surface area contributed by atoms with Crippen molar-refractivity contribution in [3.63, 3.8) is 0 Å². The topological polar surface area (TPSA) is 87.7 Å². The molecular weight excluding hydrogens is 477 g/mol. The van der Waals surface area contributed by atoms with Gasteiger partial charge in [-0.2, -0.15) is 16.5 Å². The van der Waals surface area contributed by atoms with Crippen LogP contribution in [0.2, 0.25) is 0 Å². The number of nitrogens with zero attached hydrogens (tertiary/aromatic N) is 1. The number of hydrogen-bond acceptors (Lipinski definition) is 6. The lowest BCUT2D eigenvalue weighted by Gasteiger charge is -2.30. The van der Waals surface area contributed by atoms with Crippen LogP contribution in [-0.2, 0) is 14.8 Å². The number of ether oxygens (including phenoxy) is 1. The summed E-state index contributed by atoms with van der Waals surface area (Å²) in [5, 5.41) is 2.94. The van der Waals surface area contributed by atoms with Gasteiger partial charge in [0.1, 0.15) is 22.5 Å². The van der Waals surface area contributed by atoms with Gasteiger partial charge in [0.25, 0.3) is 0 Å².